The number of H-pyrrole nitrogens is 2. The molecule has 2 aliphatic heterocycles. The van der Waals surface area contributed by atoms with Crippen molar-refractivity contribution in [2.75, 3.05) is 6.54 Å². The lowest BCUT2D eigenvalue weighted by atomic mass is 10.0. The molecule has 0 bridgehead atoms. The molecule has 2 aliphatic rings. The van der Waals surface area contributed by atoms with E-state index in [0.717, 1.165) is 73.3 Å². The Morgan fingerprint density at radius 2 is 1.06 bits per heavy atom. The number of aliphatic imine (C=N–C) groups is 2. The Balaban J connectivity index is 1.29. The maximum atomic E-state index is 5.34. The number of rotatable bonds is 8. The second kappa shape index (κ2) is 13.2. The van der Waals surface area contributed by atoms with Gasteiger partial charge in [-0.1, -0.05) is 127 Å². The smallest absolute Gasteiger partial charge is 0.0737 e. The summed E-state index contributed by atoms with van der Waals surface area (Å²) in [5, 5.41) is 2.03. The Kier molecular flexibility index (Phi) is 8.04. The summed E-state index contributed by atoms with van der Waals surface area (Å²) in [5.74, 6) is 0. The fourth-order valence-corrected chi connectivity index (χ4v) is 6.50. The van der Waals surface area contributed by atoms with E-state index in [2.05, 4.69) is 174 Å². The van der Waals surface area contributed by atoms with Crippen LogP contribution < -0.4 is 10.7 Å². The first-order chi connectivity index (χ1) is 23.8. The quantitative estimate of drug-likeness (QED) is 0.175. The Morgan fingerprint density at radius 1 is 0.500 bits per heavy atom. The van der Waals surface area contributed by atoms with Gasteiger partial charge in [-0.15, -0.1) is 0 Å². The first-order valence-electron chi connectivity index (χ1n) is 16.3. The third-order valence-electron chi connectivity index (χ3n) is 8.72. The highest BCUT2D eigenvalue weighted by molar-refractivity contribution is 6.31. The van der Waals surface area contributed by atoms with Gasteiger partial charge in [0.05, 0.1) is 23.7 Å². The number of allylic oxidation sites excluding steroid dienone is 3. The van der Waals surface area contributed by atoms with E-state index in [1.54, 1.807) is 0 Å². The highest BCUT2D eigenvalue weighted by Gasteiger charge is 2.20. The molecule has 4 aromatic carbocycles. The Morgan fingerprint density at radius 3 is 1.65 bits per heavy atom. The SMILES string of the molecule is C1=CC(/C(c2ccccc2)=c2/cc/c(=C(C3=N/C(=C(/c4ccccc4)c4ccc(Cc5ccccc5)[nH]4)C=C3)\c3ccccc3)[nH]2)=NC1. The Hall–Kier alpha value is -6.26. The van der Waals surface area contributed by atoms with Crippen LogP contribution in [-0.4, -0.2) is 27.9 Å². The summed E-state index contributed by atoms with van der Waals surface area (Å²) in [4.78, 5) is 17.6. The molecule has 4 nitrogen and oxygen atoms in total. The number of aromatic nitrogens is 2. The number of nitrogens with one attached hydrogen (secondary N) is 2. The molecule has 0 unspecified atom stereocenters. The lowest BCUT2D eigenvalue weighted by Crippen LogP contribution is -2.21. The molecule has 48 heavy (non-hydrogen) atoms. The van der Waals surface area contributed by atoms with E-state index in [4.69, 9.17) is 9.98 Å². The number of benzene rings is 4. The molecule has 4 heteroatoms. The van der Waals surface area contributed by atoms with E-state index in [1.165, 1.54) is 11.3 Å². The molecule has 0 amide bonds. The van der Waals surface area contributed by atoms with Gasteiger partial charge in [0.2, 0.25) is 0 Å². The van der Waals surface area contributed by atoms with E-state index < -0.39 is 0 Å². The van der Waals surface area contributed by atoms with Crippen LogP contribution >= 0.6 is 0 Å². The van der Waals surface area contributed by atoms with Gasteiger partial charge in [-0.3, -0.25) is 4.99 Å². The normalized spacial score (nSPS) is 16.1. The second-order valence-corrected chi connectivity index (χ2v) is 11.9. The minimum absolute atomic E-state index is 0.704. The number of hydrogen-bond acceptors (Lipinski definition) is 2. The molecule has 0 fully saturated rings. The van der Waals surface area contributed by atoms with Crippen LogP contribution in [-0.2, 0) is 6.42 Å². The molecule has 0 saturated heterocycles. The molecule has 0 spiro atoms. The summed E-state index contributed by atoms with van der Waals surface area (Å²) in [6.45, 7) is 0.704. The van der Waals surface area contributed by atoms with E-state index in [1.807, 2.05) is 6.07 Å². The van der Waals surface area contributed by atoms with Crippen molar-refractivity contribution in [3.63, 3.8) is 0 Å². The molecule has 8 rings (SSSR count). The third kappa shape index (κ3) is 6.00. The van der Waals surface area contributed by atoms with E-state index in [0.29, 0.717) is 6.54 Å². The number of hydrogen-bond donors (Lipinski definition) is 2. The third-order valence-corrected chi connectivity index (χ3v) is 8.72. The molecule has 230 valence electrons. The van der Waals surface area contributed by atoms with Crippen molar-refractivity contribution in [3.8, 4) is 0 Å². The van der Waals surface area contributed by atoms with Gasteiger partial charge in [0.1, 0.15) is 0 Å². The molecule has 2 N–H and O–H groups in total. The molecule has 6 aromatic rings. The van der Waals surface area contributed by atoms with Crippen molar-refractivity contribution in [3.05, 3.63) is 220 Å². The van der Waals surface area contributed by atoms with Crippen molar-refractivity contribution in [1.82, 2.24) is 9.97 Å². The number of nitrogens with zero attached hydrogens (tertiary/aromatic N) is 2. The summed E-state index contributed by atoms with van der Waals surface area (Å²) >= 11 is 0. The molecule has 0 atom stereocenters. The predicted octanol–water partition coefficient (Wildman–Crippen LogP) is 7.81. The largest absolute Gasteiger partial charge is 0.358 e. The fraction of sp³-hybridized carbons (Fsp3) is 0.0455. The highest BCUT2D eigenvalue weighted by Crippen LogP contribution is 2.32. The van der Waals surface area contributed by atoms with Gasteiger partial charge in [0.25, 0.3) is 0 Å². The first kappa shape index (κ1) is 29.2. The van der Waals surface area contributed by atoms with Crippen LogP contribution in [0, 0.1) is 0 Å². The van der Waals surface area contributed by atoms with Gasteiger partial charge in [-0.25, -0.2) is 4.99 Å². The summed E-state index contributed by atoms with van der Waals surface area (Å²) in [5.41, 5.74) is 12.9. The zero-order valence-electron chi connectivity index (χ0n) is 26.5. The maximum absolute atomic E-state index is 5.34. The van der Waals surface area contributed by atoms with Gasteiger partial charge in [0.15, 0.2) is 0 Å². The molecular weight excluding hydrogens is 585 g/mol. The highest BCUT2D eigenvalue weighted by atomic mass is 14.8. The van der Waals surface area contributed by atoms with Crippen molar-refractivity contribution in [2.45, 2.75) is 6.42 Å². The summed E-state index contributed by atoms with van der Waals surface area (Å²) < 4.78 is 0. The minimum Gasteiger partial charge on any atom is -0.358 e. The van der Waals surface area contributed by atoms with Crippen LogP contribution in [0.25, 0.3) is 16.7 Å². The monoisotopic (exact) mass is 618 g/mol. The lowest BCUT2D eigenvalue weighted by molar-refractivity contribution is 1.10. The van der Waals surface area contributed by atoms with Gasteiger partial charge in [0, 0.05) is 45.2 Å². The van der Waals surface area contributed by atoms with Crippen LogP contribution in [0.2, 0.25) is 0 Å². The molecule has 0 aliphatic carbocycles. The minimum atomic E-state index is 0.704. The van der Waals surface area contributed by atoms with Crippen LogP contribution in [0.5, 0.6) is 0 Å². The van der Waals surface area contributed by atoms with Gasteiger partial charge in [-0.2, -0.15) is 0 Å². The van der Waals surface area contributed by atoms with Crippen LogP contribution in [0.3, 0.4) is 0 Å². The lowest BCUT2D eigenvalue weighted by Gasteiger charge is -2.10. The Bertz CT molecular complexity index is 2350. The van der Waals surface area contributed by atoms with Gasteiger partial charge >= 0.3 is 0 Å². The summed E-state index contributed by atoms with van der Waals surface area (Å²) in [6.07, 6.45) is 9.34. The van der Waals surface area contributed by atoms with Crippen LogP contribution in [0.4, 0.5) is 0 Å². The van der Waals surface area contributed by atoms with Crippen molar-refractivity contribution >= 4 is 28.1 Å². The average molecular weight is 619 g/mol. The molecular formula is C44H34N4. The zero-order chi connectivity index (χ0) is 32.1. The molecule has 0 radical (unpaired) electrons. The van der Waals surface area contributed by atoms with Crippen LogP contribution in [0.15, 0.2) is 186 Å². The summed E-state index contributed by atoms with van der Waals surface area (Å²) in [7, 11) is 0. The van der Waals surface area contributed by atoms with E-state index in [9.17, 15) is 0 Å². The summed E-state index contributed by atoms with van der Waals surface area (Å²) in [6, 6.07) is 50.8. The van der Waals surface area contributed by atoms with Crippen molar-refractivity contribution < 1.29 is 0 Å². The molecule has 2 aromatic heterocycles. The van der Waals surface area contributed by atoms with Gasteiger partial charge in [-0.05, 0) is 64.7 Å². The standard InChI is InChI=1S/C44H34N4/c1-5-14-31(15-6-1)30-35-23-24-37(46-35)43(33-18-9-3-10-19-33)39-27-28-41(48-39)44(34-20-11-4-12-21-34)40-26-25-38(47-40)42(36-22-13-29-45-36)32-16-7-2-8-17-32/h1-28,46-47H,29-30H2/b42-38-,43-39-,44-40-. The number of aromatic amines is 2. The van der Waals surface area contributed by atoms with Crippen LogP contribution in [0.1, 0.15) is 33.6 Å². The fourth-order valence-electron chi connectivity index (χ4n) is 6.50. The predicted molar refractivity (Wildman–Crippen MR) is 198 cm³/mol. The average Bonchev–Trinajstić information content (AvgIpc) is 3.98. The van der Waals surface area contributed by atoms with E-state index in [-0.39, 0.29) is 0 Å². The topological polar surface area (TPSA) is 56.3 Å². The van der Waals surface area contributed by atoms with Crippen molar-refractivity contribution in [1.29, 1.82) is 0 Å². The molecule has 0 saturated carbocycles. The van der Waals surface area contributed by atoms with Crippen molar-refractivity contribution in [2.24, 2.45) is 9.98 Å². The first-order valence-corrected chi connectivity index (χ1v) is 16.3. The molecule has 4 heterocycles. The van der Waals surface area contributed by atoms with Gasteiger partial charge < -0.3 is 9.97 Å². The zero-order valence-corrected chi connectivity index (χ0v) is 26.5. The second-order valence-electron chi connectivity index (χ2n) is 11.9. The Labute approximate surface area is 280 Å². The van der Waals surface area contributed by atoms with E-state index >= 15 is 0 Å². The maximum Gasteiger partial charge on any atom is 0.0737 e.